The Bertz CT molecular complexity index is 338. The van der Waals surface area contributed by atoms with Gasteiger partial charge >= 0.3 is 0 Å². The van der Waals surface area contributed by atoms with Gasteiger partial charge in [0, 0.05) is 12.6 Å². The number of rotatable bonds is 4. The van der Waals surface area contributed by atoms with Crippen molar-refractivity contribution in [3.05, 3.63) is 18.2 Å². The molecule has 0 bridgehead atoms. The molecule has 1 N–H and O–H groups in total. The quantitative estimate of drug-likeness (QED) is 0.750. The third-order valence-electron chi connectivity index (χ3n) is 2.23. The van der Waals surface area contributed by atoms with Gasteiger partial charge in [0.2, 0.25) is 0 Å². The molecule has 0 unspecified atom stereocenters. The maximum absolute atomic E-state index is 4.40. The van der Waals surface area contributed by atoms with Crippen molar-refractivity contribution in [3.63, 3.8) is 0 Å². The van der Waals surface area contributed by atoms with Gasteiger partial charge in [-0.3, -0.25) is 5.10 Å². The number of aromatic amines is 1. The number of hydrogen-bond acceptors (Lipinski definition) is 3. The molecule has 0 fully saturated rings. The summed E-state index contributed by atoms with van der Waals surface area (Å²) in [6, 6.07) is 0. The molecule has 2 aliphatic rings. The van der Waals surface area contributed by atoms with Crippen LogP contribution in [0, 0.1) is 0 Å². The molecule has 74 valence electrons. The predicted molar refractivity (Wildman–Crippen MR) is 54.0 cm³/mol. The second kappa shape index (κ2) is 4.17. The predicted octanol–water partition coefficient (Wildman–Crippen LogP) is 2.04. The Balaban J connectivity index is 2.08. The van der Waals surface area contributed by atoms with Crippen molar-refractivity contribution in [2.45, 2.75) is 32.6 Å². The van der Waals surface area contributed by atoms with E-state index >= 15 is 0 Å². The highest BCUT2D eigenvalue weighted by molar-refractivity contribution is 5.52. The first-order valence-corrected chi connectivity index (χ1v) is 5.05. The molecule has 4 nitrogen and oxygen atoms in total. The number of unbranched alkanes of at least 4 members (excludes halogenated alkanes) is 2. The Hall–Kier alpha value is -1.45. The van der Waals surface area contributed by atoms with Crippen molar-refractivity contribution in [2.75, 3.05) is 0 Å². The molecule has 0 aliphatic carbocycles. The zero-order valence-electron chi connectivity index (χ0n) is 8.32. The molecule has 0 amide bonds. The summed E-state index contributed by atoms with van der Waals surface area (Å²) in [5.74, 6) is 0.940. The van der Waals surface area contributed by atoms with E-state index in [0.29, 0.717) is 0 Å². The molecule has 0 aromatic carbocycles. The highest BCUT2D eigenvalue weighted by Gasteiger charge is 2.09. The smallest absolute Gasteiger partial charge is 0.129 e. The van der Waals surface area contributed by atoms with E-state index in [1.165, 1.54) is 19.3 Å². The van der Waals surface area contributed by atoms with Crippen LogP contribution in [0.3, 0.4) is 0 Å². The van der Waals surface area contributed by atoms with E-state index < -0.39 is 0 Å². The van der Waals surface area contributed by atoms with E-state index in [1.54, 1.807) is 12.4 Å². The van der Waals surface area contributed by atoms with Crippen molar-refractivity contribution >= 4 is 0 Å². The van der Waals surface area contributed by atoms with Gasteiger partial charge in [-0.05, 0) is 6.42 Å². The zero-order chi connectivity index (χ0) is 9.80. The van der Waals surface area contributed by atoms with Gasteiger partial charge in [-0.1, -0.05) is 19.8 Å². The first-order valence-electron chi connectivity index (χ1n) is 5.05. The van der Waals surface area contributed by atoms with E-state index in [2.05, 4.69) is 27.1 Å². The van der Waals surface area contributed by atoms with E-state index in [-0.39, 0.29) is 0 Å². The van der Waals surface area contributed by atoms with Gasteiger partial charge in [0.25, 0.3) is 0 Å². The lowest BCUT2D eigenvalue weighted by atomic mass is 10.2. The van der Waals surface area contributed by atoms with Gasteiger partial charge in [-0.25, -0.2) is 9.97 Å². The van der Waals surface area contributed by atoms with Gasteiger partial charge < -0.3 is 0 Å². The molecule has 14 heavy (non-hydrogen) atoms. The van der Waals surface area contributed by atoms with Crippen LogP contribution in [-0.2, 0) is 6.42 Å². The van der Waals surface area contributed by atoms with Crippen molar-refractivity contribution in [3.8, 4) is 11.4 Å². The van der Waals surface area contributed by atoms with Crippen LogP contribution in [0.2, 0.25) is 0 Å². The monoisotopic (exact) mass is 190 g/mol. The summed E-state index contributed by atoms with van der Waals surface area (Å²) in [4.78, 5) is 8.79. The van der Waals surface area contributed by atoms with Crippen LogP contribution >= 0.6 is 0 Å². The Morgan fingerprint density at radius 3 is 2.86 bits per heavy atom. The molecule has 0 atom stereocenters. The lowest BCUT2D eigenvalue weighted by molar-refractivity contribution is 0.700. The summed E-state index contributed by atoms with van der Waals surface area (Å²) in [6.45, 7) is 2.20. The van der Waals surface area contributed by atoms with Crippen LogP contribution < -0.4 is 0 Å². The zero-order valence-corrected chi connectivity index (χ0v) is 8.32. The fourth-order valence-electron chi connectivity index (χ4n) is 1.46. The summed E-state index contributed by atoms with van der Waals surface area (Å²) in [5, 5.41) is 6.66. The second-order valence-electron chi connectivity index (χ2n) is 3.40. The number of aromatic nitrogens is 4. The summed E-state index contributed by atoms with van der Waals surface area (Å²) in [6.07, 6.45) is 8.12. The van der Waals surface area contributed by atoms with Gasteiger partial charge in [0.05, 0.1) is 6.20 Å². The van der Waals surface area contributed by atoms with Crippen molar-refractivity contribution < 1.29 is 0 Å². The lowest BCUT2D eigenvalue weighted by Gasteiger charge is -1.92. The highest BCUT2D eigenvalue weighted by atomic mass is 15.1. The second-order valence-corrected chi connectivity index (χ2v) is 3.40. The van der Waals surface area contributed by atoms with Crippen LogP contribution in [0.1, 0.15) is 32.0 Å². The van der Waals surface area contributed by atoms with Crippen LogP contribution in [0.25, 0.3) is 11.4 Å². The largest absolute Gasteiger partial charge is 0.283 e. The van der Waals surface area contributed by atoms with Crippen LogP contribution in [0.4, 0.5) is 0 Å². The summed E-state index contributed by atoms with van der Waals surface area (Å²) >= 11 is 0. The SMILES string of the molecule is CCCCCc1nc2cn[nH]cc-2n1. The molecule has 2 aliphatic heterocycles. The van der Waals surface area contributed by atoms with E-state index in [1.807, 2.05) is 0 Å². The molecule has 0 saturated heterocycles. The fraction of sp³-hybridized carbons (Fsp3) is 0.500. The van der Waals surface area contributed by atoms with E-state index in [4.69, 9.17) is 0 Å². The Morgan fingerprint density at radius 1 is 1.21 bits per heavy atom. The van der Waals surface area contributed by atoms with Crippen LogP contribution in [-0.4, -0.2) is 20.2 Å². The van der Waals surface area contributed by atoms with Gasteiger partial charge in [0.1, 0.15) is 17.2 Å². The fourth-order valence-corrected chi connectivity index (χ4v) is 1.46. The molecule has 2 rings (SSSR count). The third kappa shape index (κ3) is 1.89. The molecule has 0 radical (unpaired) electrons. The average molecular weight is 190 g/mol. The minimum Gasteiger partial charge on any atom is -0.283 e. The van der Waals surface area contributed by atoms with Crippen LogP contribution in [0.5, 0.6) is 0 Å². The van der Waals surface area contributed by atoms with Crippen molar-refractivity contribution in [1.29, 1.82) is 0 Å². The number of nitrogens with zero attached hydrogens (tertiary/aromatic N) is 3. The first-order chi connectivity index (χ1) is 6.90. The minimum atomic E-state index is 0.884. The molecule has 4 heteroatoms. The van der Waals surface area contributed by atoms with E-state index in [0.717, 1.165) is 23.6 Å². The van der Waals surface area contributed by atoms with E-state index in [9.17, 15) is 0 Å². The number of H-pyrrole nitrogens is 1. The summed E-state index contributed by atoms with van der Waals surface area (Å²) < 4.78 is 0. The molecule has 0 spiro atoms. The van der Waals surface area contributed by atoms with Gasteiger partial charge in [0.15, 0.2) is 0 Å². The molecular weight excluding hydrogens is 176 g/mol. The van der Waals surface area contributed by atoms with Crippen molar-refractivity contribution in [2.24, 2.45) is 0 Å². The summed E-state index contributed by atoms with van der Waals surface area (Å²) in [5.41, 5.74) is 1.79. The number of hydrogen-bond donors (Lipinski definition) is 1. The number of aryl methyl sites for hydroxylation is 1. The minimum absolute atomic E-state index is 0.884. The maximum atomic E-state index is 4.40. The molecule has 0 saturated carbocycles. The molecular formula is C10H14N4. The topological polar surface area (TPSA) is 54.5 Å². The average Bonchev–Trinajstić information content (AvgIpc) is 2.60. The highest BCUT2D eigenvalue weighted by Crippen LogP contribution is 2.16. The van der Waals surface area contributed by atoms with Gasteiger partial charge in [-0.2, -0.15) is 5.10 Å². The number of fused-ring (bicyclic) bond motifs is 1. The first kappa shape index (κ1) is 9.12. The third-order valence-corrected chi connectivity index (χ3v) is 2.23. The Morgan fingerprint density at radius 2 is 2.07 bits per heavy atom. The number of nitrogens with one attached hydrogen (secondary N) is 1. The molecule has 0 aromatic rings. The normalized spacial score (nSPS) is 10.9. The standard InChI is InChI=1S/C10H14N4/c1-2-3-4-5-10-13-8-6-11-12-7-9(8)14-10/h6-7,11H,2-5H2,1H3. The number of imidazole rings is 1. The Kier molecular flexibility index (Phi) is 2.72. The molecule has 0 aromatic heterocycles. The maximum Gasteiger partial charge on any atom is 0.129 e. The lowest BCUT2D eigenvalue weighted by Crippen LogP contribution is -1.86. The van der Waals surface area contributed by atoms with Gasteiger partial charge in [-0.15, -0.1) is 0 Å². The van der Waals surface area contributed by atoms with Crippen molar-refractivity contribution in [1.82, 2.24) is 20.2 Å². The summed E-state index contributed by atoms with van der Waals surface area (Å²) in [7, 11) is 0. The molecule has 2 heterocycles. The Labute approximate surface area is 83.1 Å². The van der Waals surface area contributed by atoms with Crippen LogP contribution in [0.15, 0.2) is 12.4 Å².